The summed E-state index contributed by atoms with van der Waals surface area (Å²) in [6.07, 6.45) is 0. The summed E-state index contributed by atoms with van der Waals surface area (Å²) >= 11 is 1.87. The average Bonchev–Trinajstić information content (AvgIpc) is 3.87. The SMILES string of the molecule is c1ccc(-c2cc(-c3ccccc3)cc(N(c3ccc(-c4ccc5oc6ccccc6c5c4)cc3)c3ccc(-c4ccccc4)c4c3sc3ccccc34)c2)cc1. The van der Waals surface area contributed by atoms with Crippen molar-refractivity contribution in [3.63, 3.8) is 0 Å². The van der Waals surface area contributed by atoms with Crippen molar-refractivity contribution >= 4 is 70.5 Å². The number of nitrogens with zero attached hydrogens (tertiary/aromatic N) is 1. The van der Waals surface area contributed by atoms with E-state index in [1.54, 1.807) is 0 Å². The summed E-state index contributed by atoms with van der Waals surface area (Å²) in [6.45, 7) is 0. The largest absolute Gasteiger partial charge is 0.456 e. The van der Waals surface area contributed by atoms with Crippen LogP contribution in [0, 0.1) is 0 Å². The van der Waals surface area contributed by atoms with Crippen molar-refractivity contribution < 1.29 is 4.42 Å². The van der Waals surface area contributed by atoms with Crippen molar-refractivity contribution in [3.05, 3.63) is 212 Å². The fourth-order valence-corrected chi connectivity index (χ4v) is 9.55. The Balaban J connectivity index is 1.14. The molecule has 0 amide bonds. The Labute approximate surface area is 335 Å². The molecule has 0 radical (unpaired) electrons. The van der Waals surface area contributed by atoms with E-state index < -0.39 is 0 Å². The molecule has 0 aliphatic rings. The van der Waals surface area contributed by atoms with E-state index in [1.807, 2.05) is 23.5 Å². The van der Waals surface area contributed by atoms with Crippen LogP contribution in [0.1, 0.15) is 0 Å². The van der Waals surface area contributed by atoms with E-state index in [0.717, 1.165) is 50.1 Å². The number of hydrogen-bond donors (Lipinski definition) is 0. The summed E-state index contributed by atoms with van der Waals surface area (Å²) < 4.78 is 8.69. The summed E-state index contributed by atoms with van der Waals surface area (Å²) in [5.41, 5.74) is 14.6. The highest BCUT2D eigenvalue weighted by atomic mass is 32.1. The Bertz CT molecular complexity index is 3160. The molecular weight excluding hydrogens is 711 g/mol. The number of furan rings is 1. The summed E-state index contributed by atoms with van der Waals surface area (Å²) in [7, 11) is 0. The zero-order valence-corrected chi connectivity index (χ0v) is 31.8. The number of anilines is 3. The second-order valence-corrected chi connectivity index (χ2v) is 15.5. The van der Waals surface area contributed by atoms with Crippen molar-refractivity contribution in [3.8, 4) is 44.5 Å². The molecule has 0 N–H and O–H groups in total. The molecule has 57 heavy (non-hydrogen) atoms. The van der Waals surface area contributed by atoms with Crippen LogP contribution >= 0.6 is 11.3 Å². The lowest BCUT2D eigenvalue weighted by molar-refractivity contribution is 0.669. The molecule has 3 heteroatoms. The molecule has 0 atom stereocenters. The Kier molecular flexibility index (Phi) is 8.04. The van der Waals surface area contributed by atoms with E-state index in [4.69, 9.17) is 4.42 Å². The van der Waals surface area contributed by atoms with Crippen molar-refractivity contribution in [1.82, 2.24) is 0 Å². The maximum atomic E-state index is 6.16. The van der Waals surface area contributed by atoms with Crippen molar-refractivity contribution in [2.75, 3.05) is 4.90 Å². The molecule has 9 aromatic carbocycles. The molecule has 0 unspecified atom stereocenters. The lowest BCUT2D eigenvalue weighted by atomic mass is 9.96. The van der Waals surface area contributed by atoms with Gasteiger partial charge in [0.1, 0.15) is 11.2 Å². The fraction of sp³-hybridized carbons (Fsp3) is 0. The van der Waals surface area contributed by atoms with Gasteiger partial charge in [-0.15, -0.1) is 11.3 Å². The van der Waals surface area contributed by atoms with E-state index in [1.165, 1.54) is 53.6 Å². The average molecular weight is 746 g/mol. The number of rotatable bonds is 7. The van der Waals surface area contributed by atoms with Crippen LogP contribution in [-0.2, 0) is 0 Å². The molecule has 11 rings (SSSR count). The summed E-state index contributed by atoms with van der Waals surface area (Å²) in [5.74, 6) is 0. The van der Waals surface area contributed by atoms with Crippen LogP contribution in [0.4, 0.5) is 17.1 Å². The zero-order chi connectivity index (χ0) is 37.7. The first-order valence-corrected chi connectivity index (χ1v) is 20.1. The number of benzene rings is 9. The van der Waals surface area contributed by atoms with Gasteiger partial charge in [-0.3, -0.25) is 0 Å². The van der Waals surface area contributed by atoms with Gasteiger partial charge in [0.2, 0.25) is 0 Å². The van der Waals surface area contributed by atoms with Gasteiger partial charge in [0.15, 0.2) is 0 Å². The van der Waals surface area contributed by atoms with E-state index in [9.17, 15) is 0 Å². The summed E-state index contributed by atoms with van der Waals surface area (Å²) in [5, 5.41) is 4.82. The quantitative estimate of drug-likeness (QED) is 0.162. The Hall–Kier alpha value is -7.20. The lowest BCUT2D eigenvalue weighted by Gasteiger charge is -2.28. The maximum Gasteiger partial charge on any atom is 0.135 e. The van der Waals surface area contributed by atoms with Gasteiger partial charge in [0.05, 0.1) is 10.4 Å². The van der Waals surface area contributed by atoms with E-state index >= 15 is 0 Å². The van der Waals surface area contributed by atoms with E-state index in [2.05, 4.69) is 205 Å². The van der Waals surface area contributed by atoms with Gasteiger partial charge in [0.25, 0.3) is 0 Å². The van der Waals surface area contributed by atoms with Gasteiger partial charge >= 0.3 is 0 Å². The minimum Gasteiger partial charge on any atom is -0.456 e. The summed E-state index contributed by atoms with van der Waals surface area (Å²) in [4.78, 5) is 2.46. The fourth-order valence-electron chi connectivity index (χ4n) is 8.32. The van der Waals surface area contributed by atoms with E-state index in [-0.39, 0.29) is 0 Å². The highest BCUT2D eigenvalue weighted by Crippen LogP contribution is 2.49. The molecule has 0 fully saturated rings. The number of para-hydroxylation sites is 1. The van der Waals surface area contributed by atoms with Crippen LogP contribution in [0.25, 0.3) is 86.6 Å². The standard InChI is InChI=1S/C54H35NOS/c1-4-14-36(15-5-1)41-32-42(37-16-6-2-7-17-37)34-44(33-41)55(43-27-24-38(25-28-43)40-26-31-51-48(35-40)46-20-10-12-22-50(46)56-51)49-30-29-45(39-18-8-3-9-19-39)53-47-21-11-13-23-52(47)57-54(49)53/h1-35H. The third-order valence-corrected chi connectivity index (χ3v) is 12.3. The van der Waals surface area contributed by atoms with Gasteiger partial charge in [0, 0.05) is 37.6 Å². The molecule has 0 saturated heterocycles. The molecule has 0 spiro atoms. The minimum atomic E-state index is 0.904. The molecule has 2 aromatic heterocycles. The van der Waals surface area contributed by atoms with Gasteiger partial charge in [-0.05, 0) is 105 Å². The lowest BCUT2D eigenvalue weighted by Crippen LogP contribution is -2.10. The molecule has 2 heterocycles. The van der Waals surface area contributed by atoms with Crippen molar-refractivity contribution in [1.29, 1.82) is 0 Å². The number of hydrogen-bond acceptors (Lipinski definition) is 3. The monoisotopic (exact) mass is 745 g/mol. The Morgan fingerprint density at radius 3 is 1.61 bits per heavy atom. The van der Waals surface area contributed by atoms with Crippen LogP contribution in [-0.4, -0.2) is 0 Å². The third-order valence-electron chi connectivity index (χ3n) is 11.1. The van der Waals surface area contributed by atoms with Crippen molar-refractivity contribution in [2.45, 2.75) is 0 Å². The van der Waals surface area contributed by atoms with Crippen LogP contribution in [0.2, 0.25) is 0 Å². The highest BCUT2D eigenvalue weighted by Gasteiger charge is 2.22. The van der Waals surface area contributed by atoms with Crippen LogP contribution < -0.4 is 4.90 Å². The van der Waals surface area contributed by atoms with E-state index in [0.29, 0.717) is 0 Å². The summed E-state index contributed by atoms with van der Waals surface area (Å²) in [6, 6.07) is 76.5. The molecule has 0 aliphatic heterocycles. The van der Waals surface area contributed by atoms with Gasteiger partial charge in [-0.2, -0.15) is 0 Å². The van der Waals surface area contributed by atoms with Crippen molar-refractivity contribution in [2.24, 2.45) is 0 Å². The van der Waals surface area contributed by atoms with Crippen LogP contribution in [0.15, 0.2) is 217 Å². The molecule has 2 nitrogen and oxygen atoms in total. The van der Waals surface area contributed by atoms with Crippen LogP contribution in [0.3, 0.4) is 0 Å². The smallest absolute Gasteiger partial charge is 0.135 e. The molecule has 0 saturated carbocycles. The molecule has 0 bridgehead atoms. The second kappa shape index (κ2) is 13.8. The molecule has 0 aliphatic carbocycles. The van der Waals surface area contributed by atoms with Gasteiger partial charge < -0.3 is 9.32 Å². The first-order valence-electron chi connectivity index (χ1n) is 19.3. The third kappa shape index (κ3) is 5.88. The zero-order valence-electron chi connectivity index (χ0n) is 31.0. The Morgan fingerprint density at radius 1 is 0.351 bits per heavy atom. The first kappa shape index (κ1) is 33.2. The number of fused-ring (bicyclic) bond motifs is 6. The van der Waals surface area contributed by atoms with Gasteiger partial charge in [-0.25, -0.2) is 0 Å². The normalized spacial score (nSPS) is 11.5. The predicted octanol–water partition coefficient (Wildman–Crippen LogP) is 16.1. The molecule has 11 aromatic rings. The van der Waals surface area contributed by atoms with Gasteiger partial charge in [-0.1, -0.05) is 152 Å². The molecule has 268 valence electrons. The highest BCUT2D eigenvalue weighted by molar-refractivity contribution is 7.26. The molecular formula is C54H35NOS. The Morgan fingerprint density at radius 2 is 0.912 bits per heavy atom. The van der Waals surface area contributed by atoms with Crippen LogP contribution in [0.5, 0.6) is 0 Å². The first-order chi connectivity index (χ1) is 28.2. The number of thiophene rings is 1. The predicted molar refractivity (Wildman–Crippen MR) is 243 cm³/mol. The maximum absolute atomic E-state index is 6.16. The topological polar surface area (TPSA) is 16.4 Å². The minimum absolute atomic E-state index is 0.904. The second-order valence-electron chi connectivity index (χ2n) is 14.5.